The van der Waals surface area contributed by atoms with Gasteiger partial charge in [-0.1, -0.05) is 0 Å². The summed E-state index contributed by atoms with van der Waals surface area (Å²) >= 11 is 0. The monoisotopic (exact) mass is 438 g/mol. The Bertz CT molecular complexity index is 920. The summed E-state index contributed by atoms with van der Waals surface area (Å²) in [6.07, 6.45) is 3.90. The smallest absolute Gasteiger partial charge is 0.338 e. The minimum atomic E-state index is -0.306. The van der Waals surface area contributed by atoms with E-state index in [-0.39, 0.29) is 5.97 Å². The average molecular weight is 439 g/mol. The fourth-order valence-electron chi connectivity index (χ4n) is 4.75. The third-order valence-electron chi connectivity index (χ3n) is 6.59. The van der Waals surface area contributed by atoms with Gasteiger partial charge >= 0.3 is 5.97 Å². The van der Waals surface area contributed by atoms with Crippen molar-refractivity contribution in [3.63, 3.8) is 0 Å². The van der Waals surface area contributed by atoms with Gasteiger partial charge in [0, 0.05) is 69.4 Å². The molecule has 2 fully saturated rings. The average Bonchev–Trinajstić information content (AvgIpc) is 2.86. The summed E-state index contributed by atoms with van der Waals surface area (Å²) in [7, 11) is 1.44. The van der Waals surface area contributed by atoms with Crippen LogP contribution in [0.15, 0.2) is 30.5 Å². The number of carbonyl (C=O) groups excluding carboxylic acids is 1. The number of benzene rings is 1. The molecule has 2 saturated heterocycles. The lowest BCUT2D eigenvalue weighted by Crippen LogP contribution is -2.43. The molecule has 1 aromatic carbocycles. The number of methoxy groups -OCH3 is 1. The molecule has 172 valence electrons. The van der Waals surface area contributed by atoms with Crippen LogP contribution < -0.4 is 15.1 Å². The van der Waals surface area contributed by atoms with Crippen LogP contribution >= 0.6 is 0 Å². The Balaban J connectivity index is 1.71. The van der Waals surface area contributed by atoms with Crippen LogP contribution in [0.4, 0.5) is 11.5 Å². The Morgan fingerprint density at radius 3 is 2.59 bits per heavy atom. The summed E-state index contributed by atoms with van der Waals surface area (Å²) in [4.78, 5) is 22.1. The van der Waals surface area contributed by atoms with Crippen LogP contribution in [0.25, 0.3) is 11.1 Å². The third-order valence-corrected chi connectivity index (χ3v) is 6.59. The number of ether oxygens (including phenoxy) is 2. The van der Waals surface area contributed by atoms with Crippen LogP contribution in [0.3, 0.4) is 0 Å². The first-order valence-corrected chi connectivity index (χ1v) is 11.6. The van der Waals surface area contributed by atoms with Crippen LogP contribution in [0.5, 0.6) is 0 Å². The van der Waals surface area contributed by atoms with Gasteiger partial charge in [0.05, 0.1) is 12.7 Å². The van der Waals surface area contributed by atoms with E-state index < -0.39 is 0 Å². The number of nitrogens with zero attached hydrogens (tertiary/aromatic N) is 3. The summed E-state index contributed by atoms with van der Waals surface area (Å²) in [5.41, 5.74) is 4.63. The van der Waals surface area contributed by atoms with E-state index in [4.69, 9.17) is 14.5 Å². The number of hydrogen-bond acceptors (Lipinski definition) is 7. The van der Waals surface area contributed by atoms with Gasteiger partial charge in [0.1, 0.15) is 5.82 Å². The summed E-state index contributed by atoms with van der Waals surface area (Å²) in [6.45, 7) is 10.5. The zero-order valence-corrected chi connectivity index (χ0v) is 19.4. The number of hydrogen-bond donors (Lipinski definition) is 1. The maximum absolute atomic E-state index is 12.6. The van der Waals surface area contributed by atoms with E-state index in [1.807, 2.05) is 19.2 Å². The maximum Gasteiger partial charge on any atom is 0.338 e. The highest BCUT2D eigenvalue weighted by Gasteiger charge is 2.25. The maximum atomic E-state index is 12.6. The highest BCUT2D eigenvalue weighted by atomic mass is 16.5. The number of pyridine rings is 1. The van der Waals surface area contributed by atoms with E-state index in [9.17, 15) is 4.79 Å². The van der Waals surface area contributed by atoms with Crippen molar-refractivity contribution in [3.05, 3.63) is 41.6 Å². The molecule has 0 radical (unpaired) electrons. The minimum Gasteiger partial charge on any atom is -0.465 e. The van der Waals surface area contributed by atoms with E-state index in [0.29, 0.717) is 11.6 Å². The van der Waals surface area contributed by atoms with Gasteiger partial charge in [-0.15, -0.1) is 0 Å². The lowest BCUT2D eigenvalue weighted by molar-refractivity contribution is 0.0599. The molecule has 0 amide bonds. The molecule has 2 aromatic rings. The van der Waals surface area contributed by atoms with Crippen molar-refractivity contribution in [1.29, 1.82) is 0 Å². The van der Waals surface area contributed by atoms with Crippen LogP contribution in [-0.2, 0) is 9.47 Å². The van der Waals surface area contributed by atoms with Gasteiger partial charge in [-0.2, -0.15) is 0 Å². The Kier molecular flexibility index (Phi) is 7.27. The lowest BCUT2D eigenvalue weighted by Gasteiger charge is -2.37. The second-order valence-electron chi connectivity index (χ2n) is 8.43. The molecule has 2 aliphatic rings. The Morgan fingerprint density at radius 2 is 1.97 bits per heavy atom. The largest absolute Gasteiger partial charge is 0.465 e. The number of piperazine rings is 1. The van der Waals surface area contributed by atoms with Crippen LogP contribution in [0.1, 0.15) is 35.7 Å². The molecular formula is C25H34N4O3. The van der Waals surface area contributed by atoms with E-state index in [1.54, 1.807) is 0 Å². The van der Waals surface area contributed by atoms with E-state index in [2.05, 4.69) is 40.2 Å². The molecule has 0 atom stereocenters. The van der Waals surface area contributed by atoms with Crippen molar-refractivity contribution < 1.29 is 14.3 Å². The van der Waals surface area contributed by atoms with Gasteiger partial charge in [0.15, 0.2) is 0 Å². The highest BCUT2D eigenvalue weighted by Crippen LogP contribution is 2.34. The molecule has 0 aliphatic carbocycles. The van der Waals surface area contributed by atoms with Crippen LogP contribution in [0.2, 0.25) is 0 Å². The second kappa shape index (κ2) is 10.3. The van der Waals surface area contributed by atoms with E-state index in [0.717, 1.165) is 87.0 Å². The Morgan fingerprint density at radius 1 is 1.22 bits per heavy atom. The number of nitrogens with one attached hydrogen (secondary N) is 1. The number of rotatable bonds is 6. The molecule has 0 bridgehead atoms. The molecule has 7 nitrogen and oxygen atoms in total. The van der Waals surface area contributed by atoms with Crippen molar-refractivity contribution in [3.8, 4) is 11.1 Å². The summed E-state index contributed by atoms with van der Waals surface area (Å²) in [5.74, 6) is 0.687. The van der Waals surface area contributed by atoms with Crippen LogP contribution in [-0.4, -0.2) is 70.0 Å². The predicted octanol–water partition coefficient (Wildman–Crippen LogP) is 3.26. The Labute approximate surface area is 190 Å². The SMILES string of the molecule is CCN(c1cc(-c2ccc(N3CCNCC3)nc2)cc(C(=O)OC)c1C)C1CCOCC1. The van der Waals surface area contributed by atoms with Crippen molar-refractivity contribution in [2.24, 2.45) is 0 Å². The van der Waals surface area contributed by atoms with Gasteiger partial charge in [0.25, 0.3) is 0 Å². The third kappa shape index (κ3) is 4.74. The molecule has 1 aromatic heterocycles. The zero-order chi connectivity index (χ0) is 22.5. The lowest BCUT2D eigenvalue weighted by atomic mass is 9.96. The molecule has 4 rings (SSSR count). The number of anilines is 2. The highest BCUT2D eigenvalue weighted by molar-refractivity contribution is 5.95. The first-order chi connectivity index (χ1) is 15.6. The first-order valence-electron chi connectivity index (χ1n) is 11.6. The summed E-state index contributed by atoms with van der Waals surface area (Å²) in [5, 5.41) is 3.37. The van der Waals surface area contributed by atoms with E-state index >= 15 is 0 Å². The van der Waals surface area contributed by atoms with Gasteiger partial charge in [0.2, 0.25) is 0 Å². The molecule has 2 aliphatic heterocycles. The number of aromatic nitrogens is 1. The van der Waals surface area contributed by atoms with Crippen LogP contribution in [0, 0.1) is 6.92 Å². The number of esters is 1. The molecular weight excluding hydrogens is 404 g/mol. The molecule has 0 saturated carbocycles. The fourth-order valence-corrected chi connectivity index (χ4v) is 4.75. The first kappa shape index (κ1) is 22.6. The molecule has 32 heavy (non-hydrogen) atoms. The summed E-state index contributed by atoms with van der Waals surface area (Å²) < 4.78 is 10.7. The topological polar surface area (TPSA) is 66.9 Å². The van der Waals surface area contributed by atoms with Gasteiger partial charge in [-0.25, -0.2) is 9.78 Å². The second-order valence-corrected chi connectivity index (χ2v) is 8.43. The Hall–Kier alpha value is -2.64. The normalized spacial score (nSPS) is 17.3. The van der Waals surface area contributed by atoms with Crippen molar-refractivity contribution in [1.82, 2.24) is 10.3 Å². The van der Waals surface area contributed by atoms with Gasteiger partial charge in [-0.3, -0.25) is 0 Å². The van der Waals surface area contributed by atoms with Gasteiger partial charge in [-0.05, 0) is 62.1 Å². The van der Waals surface area contributed by atoms with Crippen molar-refractivity contribution in [2.75, 3.05) is 62.8 Å². The minimum absolute atomic E-state index is 0.306. The van der Waals surface area contributed by atoms with E-state index in [1.165, 1.54) is 7.11 Å². The quantitative estimate of drug-likeness (QED) is 0.695. The summed E-state index contributed by atoms with van der Waals surface area (Å²) in [6, 6.07) is 8.71. The zero-order valence-electron chi connectivity index (χ0n) is 19.4. The molecule has 1 N–H and O–H groups in total. The van der Waals surface area contributed by atoms with Crippen molar-refractivity contribution in [2.45, 2.75) is 32.7 Å². The standard InChI is InChI=1S/C25H34N4O3/c1-4-29(21-7-13-32-14-8-21)23-16-20(15-22(18(23)2)25(30)31-3)19-5-6-24(27-17-19)28-11-9-26-10-12-28/h5-6,15-17,21,26H,4,7-14H2,1-3H3. The van der Waals surface area contributed by atoms with Crippen molar-refractivity contribution >= 4 is 17.5 Å². The molecule has 3 heterocycles. The van der Waals surface area contributed by atoms with Gasteiger partial charge < -0.3 is 24.6 Å². The fraction of sp³-hybridized carbons (Fsp3) is 0.520. The predicted molar refractivity (Wildman–Crippen MR) is 128 cm³/mol. The molecule has 0 spiro atoms. The molecule has 7 heteroatoms. The molecule has 0 unspecified atom stereocenters. The number of carbonyl (C=O) groups is 1.